The number of carbonyl (C=O) groups is 1. The summed E-state index contributed by atoms with van der Waals surface area (Å²) in [5.41, 5.74) is -0.223. The lowest BCUT2D eigenvalue weighted by atomic mass is 9.84. The van der Waals surface area contributed by atoms with Gasteiger partial charge in [0.2, 0.25) is 5.91 Å². The highest BCUT2D eigenvalue weighted by Gasteiger charge is 2.25. The lowest BCUT2D eigenvalue weighted by molar-refractivity contribution is -0.121. The van der Waals surface area contributed by atoms with Crippen molar-refractivity contribution in [2.45, 2.75) is 44.6 Å². The molecule has 3 rings (SSSR count). The number of halogens is 2. The fourth-order valence-corrected chi connectivity index (χ4v) is 4.41. The largest absolute Gasteiger partial charge is 0.367 e. The van der Waals surface area contributed by atoms with Gasteiger partial charge >= 0.3 is 0 Å². The Morgan fingerprint density at radius 3 is 2.43 bits per heavy atom. The second-order valence-corrected chi connectivity index (χ2v) is 8.10. The molecule has 1 aromatic rings. The minimum absolute atomic E-state index is 0.0778. The standard InChI is InChI=1S/C22H27F2N5O/c23-19-5-6-20(22(24)18(19)15-26)29-13-11-28(12-14-29)10-8-16-1-3-17(4-2-16)27-21(30)7-9-25/h5-6,16-17H,1-4,7-8,10-14H2,(H,27,30). The summed E-state index contributed by atoms with van der Waals surface area (Å²) in [6.07, 6.45) is 5.10. The van der Waals surface area contributed by atoms with Gasteiger partial charge in [0.15, 0.2) is 5.82 Å². The average molecular weight is 415 g/mol. The van der Waals surface area contributed by atoms with Crippen molar-refractivity contribution in [3.8, 4) is 12.1 Å². The van der Waals surface area contributed by atoms with E-state index in [0.717, 1.165) is 57.8 Å². The van der Waals surface area contributed by atoms with Gasteiger partial charge in [0.1, 0.15) is 23.9 Å². The Morgan fingerprint density at radius 1 is 1.10 bits per heavy atom. The summed E-state index contributed by atoms with van der Waals surface area (Å²) in [5.74, 6) is -1.14. The van der Waals surface area contributed by atoms with Crippen LogP contribution in [0.5, 0.6) is 0 Å². The first-order chi connectivity index (χ1) is 14.5. The summed E-state index contributed by atoms with van der Waals surface area (Å²) in [6, 6.07) is 6.23. The van der Waals surface area contributed by atoms with Crippen molar-refractivity contribution in [3.05, 3.63) is 29.3 Å². The number of piperazine rings is 1. The molecule has 1 aromatic carbocycles. The van der Waals surface area contributed by atoms with Crippen molar-refractivity contribution in [1.82, 2.24) is 10.2 Å². The van der Waals surface area contributed by atoms with Gasteiger partial charge in [-0.3, -0.25) is 9.69 Å². The summed E-state index contributed by atoms with van der Waals surface area (Å²) in [4.78, 5) is 15.8. The molecule has 6 nitrogen and oxygen atoms in total. The van der Waals surface area contributed by atoms with E-state index in [4.69, 9.17) is 10.5 Å². The maximum absolute atomic E-state index is 14.4. The molecule has 1 saturated heterocycles. The van der Waals surface area contributed by atoms with Crippen molar-refractivity contribution in [1.29, 1.82) is 10.5 Å². The highest BCUT2D eigenvalue weighted by Crippen LogP contribution is 2.28. The summed E-state index contributed by atoms with van der Waals surface area (Å²) >= 11 is 0. The van der Waals surface area contributed by atoms with Crippen LogP contribution in [0.3, 0.4) is 0 Å². The van der Waals surface area contributed by atoms with E-state index in [9.17, 15) is 13.6 Å². The Morgan fingerprint density at radius 2 is 1.80 bits per heavy atom. The van der Waals surface area contributed by atoms with Crippen LogP contribution in [-0.2, 0) is 4.79 Å². The fraction of sp³-hybridized carbons (Fsp3) is 0.591. The molecule has 1 aliphatic carbocycles. The van der Waals surface area contributed by atoms with Crippen molar-refractivity contribution >= 4 is 11.6 Å². The zero-order valence-electron chi connectivity index (χ0n) is 17.0. The first kappa shape index (κ1) is 22.0. The number of benzene rings is 1. The molecule has 2 fully saturated rings. The number of nitrogens with zero attached hydrogens (tertiary/aromatic N) is 4. The molecule has 1 amide bonds. The van der Waals surface area contributed by atoms with Crippen LogP contribution in [0.4, 0.5) is 14.5 Å². The molecule has 1 N–H and O–H groups in total. The fourth-order valence-electron chi connectivity index (χ4n) is 4.41. The first-order valence-electron chi connectivity index (χ1n) is 10.5. The molecule has 0 spiro atoms. The zero-order chi connectivity index (χ0) is 21.5. The third kappa shape index (κ3) is 5.46. The van der Waals surface area contributed by atoms with Crippen LogP contribution in [0, 0.1) is 40.2 Å². The van der Waals surface area contributed by atoms with Gasteiger partial charge in [0.05, 0.1) is 11.8 Å². The third-order valence-electron chi connectivity index (χ3n) is 6.20. The summed E-state index contributed by atoms with van der Waals surface area (Å²) < 4.78 is 27.9. The smallest absolute Gasteiger partial charge is 0.234 e. The van der Waals surface area contributed by atoms with Crippen molar-refractivity contribution in [2.75, 3.05) is 37.6 Å². The Bertz CT molecular complexity index is 831. The second-order valence-electron chi connectivity index (χ2n) is 8.10. The quantitative estimate of drug-likeness (QED) is 0.772. The van der Waals surface area contributed by atoms with Crippen LogP contribution in [0.1, 0.15) is 44.1 Å². The van der Waals surface area contributed by atoms with E-state index in [0.29, 0.717) is 24.7 Å². The monoisotopic (exact) mass is 415 g/mol. The molecule has 160 valence electrons. The van der Waals surface area contributed by atoms with Crippen molar-refractivity contribution in [3.63, 3.8) is 0 Å². The van der Waals surface area contributed by atoms with E-state index in [1.54, 1.807) is 6.07 Å². The van der Waals surface area contributed by atoms with Crippen LogP contribution < -0.4 is 10.2 Å². The second kappa shape index (κ2) is 10.4. The average Bonchev–Trinajstić information content (AvgIpc) is 2.74. The maximum atomic E-state index is 14.4. The number of hydrogen-bond donors (Lipinski definition) is 1. The minimum atomic E-state index is -0.822. The Hall–Kier alpha value is -2.71. The molecule has 1 aliphatic heterocycles. The van der Waals surface area contributed by atoms with Gasteiger partial charge in [-0.15, -0.1) is 0 Å². The molecule has 0 radical (unpaired) electrons. The Kier molecular flexibility index (Phi) is 7.59. The Balaban J connectivity index is 1.40. The summed E-state index contributed by atoms with van der Waals surface area (Å²) in [5, 5.41) is 20.4. The molecule has 30 heavy (non-hydrogen) atoms. The summed E-state index contributed by atoms with van der Waals surface area (Å²) in [6.45, 7) is 3.88. The lowest BCUT2D eigenvalue weighted by Gasteiger charge is -2.37. The van der Waals surface area contributed by atoms with Crippen LogP contribution >= 0.6 is 0 Å². The van der Waals surface area contributed by atoms with Gasteiger partial charge < -0.3 is 10.2 Å². The number of anilines is 1. The molecule has 0 bridgehead atoms. The third-order valence-corrected chi connectivity index (χ3v) is 6.20. The van der Waals surface area contributed by atoms with E-state index < -0.39 is 17.2 Å². The number of amides is 1. The molecule has 8 heteroatoms. The molecule has 0 aromatic heterocycles. The van der Waals surface area contributed by atoms with Gasteiger partial charge in [0.25, 0.3) is 0 Å². The van der Waals surface area contributed by atoms with E-state index in [1.165, 1.54) is 6.07 Å². The van der Waals surface area contributed by atoms with E-state index in [-0.39, 0.29) is 18.4 Å². The maximum Gasteiger partial charge on any atom is 0.234 e. The minimum Gasteiger partial charge on any atom is -0.367 e. The van der Waals surface area contributed by atoms with Gasteiger partial charge in [-0.2, -0.15) is 10.5 Å². The predicted octanol–water partition coefficient (Wildman–Crippen LogP) is 2.94. The lowest BCUT2D eigenvalue weighted by Crippen LogP contribution is -2.47. The SMILES string of the molecule is N#CCC(=O)NC1CCC(CCN2CCN(c3ccc(F)c(C#N)c3F)CC2)CC1. The van der Waals surface area contributed by atoms with Gasteiger partial charge in [-0.25, -0.2) is 8.78 Å². The number of carbonyl (C=O) groups excluding carboxylic acids is 1. The Labute approximate surface area is 176 Å². The van der Waals surface area contributed by atoms with Gasteiger partial charge in [-0.05, 0) is 56.7 Å². The number of hydrogen-bond acceptors (Lipinski definition) is 5. The molecule has 1 saturated carbocycles. The van der Waals surface area contributed by atoms with Gasteiger partial charge in [0, 0.05) is 32.2 Å². The van der Waals surface area contributed by atoms with E-state index >= 15 is 0 Å². The highest BCUT2D eigenvalue weighted by atomic mass is 19.1. The molecular formula is C22H27F2N5O. The molecule has 0 atom stereocenters. The number of nitriles is 2. The normalized spacial score (nSPS) is 22.2. The molecular weight excluding hydrogens is 388 g/mol. The zero-order valence-corrected chi connectivity index (χ0v) is 17.0. The summed E-state index contributed by atoms with van der Waals surface area (Å²) in [7, 11) is 0. The predicted molar refractivity (Wildman–Crippen MR) is 108 cm³/mol. The van der Waals surface area contributed by atoms with E-state index in [2.05, 4.69) is 10.2 Å². The molecule has 1 heterocycles. The molecule has 2 aliphatic rings. The molecule has 0 unspecified atom stereocenters. The highest BCUT2D eigenvalue weighted by molar-refractivity contribution is 5.78. The van der Waals surface area contributed by atoms with Crippen LogP contribution in [0.25, 0.3) is 0 Å². The van der Waals surface area contributed by atoms with Crippen LogP contribution in [0.15, 0.2) is 12.1 Å². The number of nitrogens with one attached hydrogen (secondary N) is 1. The van der Waals surface area contributed by atoms with Crippen molar-refractivity contribution < 1.29 is 13.6 Å². The van der Waals surface area contributed by atoms with Gasteiger partial charge in [-0.1, -0.05) is 0 Å². The van der Waals surface area contributed by atoms with Crippen LogP contribution in [0.2, 0.25) is 0 Å². The topological polar surface area (TPSA) is 83.2 Å². The first-order valence-corrected chi connectivity index (χ1v) is 10.5. The van der Waals surface area contributed by atoms with E-state index in [1.807, 2.05) is 11.0 Å². The van der Waals surface area contributed by atoms with Crippen LogP contribution in [-0.4, -0.2) is 49.6 Å². The number of rotatable bonds is 6. The van der Waals surface area contributed by atoms with Crippen molar-refractivity contribution in [2.24, 2.45) is 5.92 Å².